The van der Waals surface area contributed by atoms with Crippen LogP contribution in [0.5, 0.6) is 0 Å². The highest BCUT2D eigenvalue weighted by molar-refractivity contribution is 5.90. The molecule has 0 aliphatic heterocycles. The van der Waals surface area contributed by atoms with E-state index in [4.69, 9.17) is 9.47 Å². The van der Waals surface area contributed by atoms with Gasteiger partial charge in [-0.15, -0.1) is 0 Å². The number of esters is 2. The number of methoxy groups -OCH3 is 1. The van der Waals surface area contributed by atoms with Gasteiger partial charge in [-0.2, -0.15) is 0 Å². The summed E-state index contributed by atoms with van der Waals surface area (Å²) in [5.41, 5.74) is 0.285. The second-order valence-electron chi connectivity index (χ2n) is 6.48. The normalized spacial score (nSPS) is 17.1. The Balaban J connectivity index is 1.91. The van der Waals surface area contributed by atoms with E-state index in [1.54, 1.807) is 0 Å². The lowest BCUT2D eigenvalue weighted by Gasteiger charge is -2.22. The van der Waals surface area contributed by atoms with Crippen molar-refractivity contribution in [3.05, 3.63) is 35.9 Å². The Bertz CT molecular complexity index is 624. The van der Waals surface area contributed by atoms with E-state index in [-0.39, 0.29) is 5.92 Å². The van der Waals surface area contributed by atoms with Crippen molar-refractivity contribution < 1.29 is 23.9 Å². The summed E-state index contributed by atoms with van der Waals surface area (Å²) in [6, 6.07) is 8.69. The first-order chi connectivity index (χ1) is 11.9. The van der Waals surface area contributed by atoms with Gasteiger partial charge in [0, 0.05) is 0 Å². The minimum atomic E-state index is -0.745. The lowest BCUT2D eigenvalue weighted by Crippen LogP contribution is -2.47. The van der Waals surface area contributed by atoms with Crippen molar-refractivity contribution in [1.29, 1.82) is 0 Å². The first-order valence-corrected chi connectivity index (χ1v) is 8.54. The average Bonchev–Trinajstić information content (AvgIpc) is 3.45. The maximum atomic E-state index is 12.4. The number of rotatable bonds is 8. The first-order valence-electron chi connectivity index (χ1n) is 8.54. The molecule has 2 rings (SSSR count). The molecule has 1 aromatic rings. The van der Waals surface area contributed by atoms with Gasteiger partial charge < -0.3 is 14.8 Å². The molecule has 1 N–H and O–H groups in total. The summed E-state index contributed by atoms with van der Waals surface area (Å²) < 4.78 is 9.93. The average molecular weight is 347 g/mol. The molecule has 0 unspecified atom stereocenters. The second kappa shape index (κ2) is 8.14. The van der Waals surface area contributed by atoms with Crippen LogP contribution in [0.2, 0.25) is 0 Å². The van der Waals surface area contributed by atoms with Crippen molar-refractivity contribution in [2.24, 2.45) is 5.92 Å². The monoisotopic (exact) mass is 347 g/mol. The molecule has 25 heavy (non-hydrogen) atoms. The smallest absolute Gasteiger partial charge is 0.328 e. The van der Waals surface area contributed by atoms with Crippen LogP contribution in [0.4, 0.5) is 0 Å². The van der Waals surface area contributed by atoms with E-state index < -0.39 is 35.9 Å². The van der Waals surface area contributed by atoms with Crippen LogP contribution in [0.1, 0.15) is 38.7 Å². The fraction of sp³-hybridized carbons (Fsp3) is 0.526. The van der Waals surface area contributed by atoms with Gasteiger partial charge in [-0.1, -0.05) is 50.6 Å². The molecule has 6 heteroatoms. The molecule has 0 saturated heterocycles. The van der Waals surface area contributed by atoms with Gasteiger partial charge in [0.05, 0.1) is 12.5 Å². The lowest BCUT2D eigenvalue weighted by atomic mass is 9.96. The van der Waals surface area contributed by atoms with Gasteiger partial charge in [-0.3, -0.25) is 9.59 Å². The highest BCUT2D eigenvalue weighted by Crippen LogP contribution is 2.49. The molecule has 1 amide bonds. The SMILES string of the molecule is CC[C@H](C)[C@H](NC(=O)COC(=O)C1(c2ccccc2)CC1)C(=O)OC. The van der Waals surface area contributed by atoms with Gasteiger partial charge in [0.1, 0.15) is 6.04 Å². The molecule has 0 heterocycles. The van der Waals surface area contributed by atoms with Crippen LogP contribution >= 0.6 is 0 Å². The minimum absolute atomic E-state index is 0.0776. The summed E-state index contributed by atoms with van der Waals surface area (Å²) in [6.07, 6.45) is 2.14. The van der Waals surface area contributed by atoms with Crippen LogP contribution in [-0.2, 0) is 29.3 Å². The topological polar surface area (TPSA) is 81.7 Å². The first kappa shape index (κ1) is 19.0. The molecule has 0 spiro atoms. The van der Waals surface area contributed by atoms with Crippen molar-refractivity contribution in [1.82, 2.24) is 5.32 Å². The van der Waals surface area contributed by atoms with E-state index in [0.29, 0.717) is 6.42 Å². The fourth-order valence-corrected chi connectivity index (χ4v) is 2.77. The molecule has 1 fully saturated rings. The largest absolute Gasteiger partial charge is 0.467 e. The van der Waals surface area contributed by atoms with Crippen LogP contribution in [0, 0.1) is 5.92 Å². The van der Waals surface area contributed by atoms with Crippen LogP contribution in [-0.4, -0.2) is 37.6 Å². The number of benzene rings is 1. The molecule has 0 bridgehead atoms. The zero-order valence-corrected chi connectivity index (χ0v) is 14.9. The summed E-state index contributed by atoms with van der Waals surface area (Å²) >= 11 is 0. The zero-order valence-electron chi connectivity index (χ0n) is 14.9. The highest BCUT2D eigenvalue weighted by atomic mass is 16.5. The summed E-state index contributed by atoms with van der Waals surface area (Å²) in [6.45, 7) is 3.36. The fourth-order valence-electron chi connectivity index (χ4n) is 2.77. The number of carbonyl (C=O) groups is 3. The summed E-state index contributed by atoms with van der Waals surface area (Å²) in [7, 11) is 1.28. The van der Waals surface area contributed by atoms with Crippen LogP contribution in [0.3, 0.4) is 0 Å². The zero-order chi connectivity index (χ0) is 18.4. The summed E-state index contributed by atoms with van der Waals surface area (Å²) in [5, 5.41) is 2.59. The number of carbonyl (C=O) groups excluding carboxylic acids is 3. The van der Waals surface area contributed by atoms with Crippen LogP contribution in [0.25, 0.3) is 0 Å². The number of nitrogens with one attached hydrogen (secondary N) is 1. The Morgan fingerprint density at radius 2 is 1.84 bits per heavy atom. The molecule has 6 nitrogen and oxygen atoms in total. The lowest BCUT2D eigenvalue weighted by molar-refractivity contribution is -0.152. The predicted molar refractivity (Wildman–Crippen MR) is 91.7 cm³/mol. The molecular formula is C19H25NO5. The molecule has 2 atom stereocenters. The maximum absolute atomic E-state index is 12.4. The summed E-state index contributed by atoms with van der Waals surface area (Å²) in [5.74, 6) is -1.48. The molecule has 0 radical (unpaired) electrons. The number of amides is 1. The Morgan fingerprint density at radius 3 is 2.36 bits per heavy atom. The molecular weight excluding hydrogens is 322 g/mol. The third-order valence-corrected chi connectivity index (χ3v) is 4.79. The van der Waals surface area contributed by atoms with Crippen molar-refractivity contribution in [2.45, 2.75) is 44.6 Å². The Hall–Kier alpha value is -2.37. The van der Waals surface area contributed by atoms with Gasteiger partial charge in [0.25, 0.3) is 5.91 Å². The van der Waals surface area contributed by atoms with Gasteiger partial charge in [0.15, 0.2) is 6.61 Å². The van der Waals surface area contributed by atoms with Crippen molar-refractivity contribution >= 4 is 17.8 Å². The molecule has 1 aliphatic carbocycles. The van der Waals surface area contributed by atoms with Crippen molar-refractivity contribution in [2.75, 3.05) is 13.7 Å². The van der Waals surface area contributed by atoms with E-state index in [9.17, 15) is 14.4 Å². The van der Waals surface area contributed by atoms with Crippen molar-refractivity contribution in [3.8, 4) is 0 Å². The third kappa shape index (κ3) is 4.38. The highest BCUT2D eigenvalue weighted by Gasteiger charge is 2.52. The molecule has 1 saturated carbocycles. The molecule has 0 aromatic heterocycles. The van der Waals surface area contributed by atoms with Gasteiger partial charge in [0.2, 0.25) is 0 Å². The second-order valence-corrected chi connectivity index (χ2v) is 6.48. The summed E-state index contributed by atoms with van der Waals surface area (Å²) in [4.78, 5) is 36.3. The van der Waals surface area contributed by atoms with Gasteiger partial charge in [-0.05, 0) is 24.3 Å². The predicted octanol–water partition coefficient (Wildman–Crippen LogP) is 1.97. The van der Waals surface area contributed by atoms with E-state index >= 15 is 0 Å². The van der Waals surface area contributed by atoms with Crippen LogP contribution in [0.15, 0.2) is 30.3 Å². The van der Waals surface area contributed by atoms with E-state index in [2.05, 4.69) is 5.32 Å². The number of ether oxygens (including phenoxy) is 2. The van der Waals surface area contributed by atoms with Crippen molar-refractivity contribution in [3.63, 3.8) is 0 Å². The molecule has 1 aromatic carbocycles. The Kier molecular flexibility index (Phi) is 6.17. The van der Waals surface area contributed by atoms with E-state index in [0.717, 1.165) is 18.4 Å². The Morgan fingerprint density at radius 1 is 1.20 bits per heavy atom. The third-order valence-electron chi connectivity index (χ3n) is 4.79. The number of hydrogen-bond acceptors (Lipinski definition) is 5. The number of hydrogen-bond donors (Lipinski definition) is 1. The maximum Gasteiger partial charge on any atom is 0.328 e. The minimum Gasteiger partial charge on any atom is -0.467 e. The standard InChI is InChI=1S/C19H25NO5/c1-4-13(2)16(17(22)24-3)20-15(21)12-25-18(23)19(10-11-19)14-8-6-5-7-9-14/h5-9,13,16H,4,10-12H2,1-3H3,(H,20,21)/t13-,16-/m0/s1. The Labute approximate surface area is 147 Å². The molecule has 136 valence electrons. The van der Waals surface area contributed by atoms with E-state index in [1.165, 1.54) is 7.11 Å². The van der Waals surface area contributed by atoms with Crippen LogP contribution < -0.4 is 5.32 Å². The molecule has 1 aliphatic rings. The van der Waals surface area contributed by atoms with Gasteiger partial charge in [-0.25, -0.2) is 4.79 Å². The van der Waals surface area contributed by atoms with Gasteiger partial charge >= 0.3 is 11.9 Å². The van der Waals surface area contributed by atoms with E-state index in [1.807, 2.05) is 44.2 Å². The quantitative estimate of drug-likeness (QED) is 0.727.